The zero-order valence-electron chi connectivity index (χ0n) is 11.9. The van der Waals surface area contributed by atoms with Crippen molar-refractivity contribution in [1.82, 2.24) is 5.32 Å². The third-order valence-electron chi connectivity index (χ3n) is 4.14. The highest BCUT2D eigenvalue weighted by Crippen LogP contribution is 2.26. The molecule has 1 aromatic rings. The number of fused-ring (bicyclic) bond motifs is 1. The number of carbonyl (C=O) groups excluding carboxylic acids is 1. The first-order valence-electron chi connectivity index (χ1n) is 7.52. The Labute approximate surface area is 119 Å². The van der Waals surface area contributed by atoms with Gasteiger partial charge in [0.1, 0.15) is 6.10 Å². The van der Waals surface area contributed by atoms with Gasteiger partial charge in [0.25, 0.3) is 0 Å². The summed E-state index contributed by atoms with van der Waals surface area (Å²) in [4.78, 5) is 12.1. The quantitative estimate of drug-likeness (QED) is 0.888. The summed E-state index contributed by atoms with van der Waals surface area (Å²) in [6.45, 7) is 3.61. The van der Waals surface area contributed by atoms with Crippen molar-refractivity contribution in [3.63, 3.8) is 0 Å². The van der Waals surface area contributed by atoms with E-state index in [0.717, 1.165) is 25.8 Å². The van der Waals surface area contributed by atoms with Gasteiger partial charge < -0.3 is 15.4 Å². The van der Waals surface area contributed by atoms with E-state index >= 15 is 0 Å². The molecule has 4 nitrogen and oxygen atoms in total. The van der Waals surface area contributed by atoms with Gasteiger partial charge in [-0.05, 0) is 43.7 Å². The van der Waals surface area contributed by atoms with Crippen molar-refractivity contribution >= 4 is 11.6 Å². The highest BCUT2D eigenvalue weighted by atomic mass is 16.5. The number of ether oxygens (including phenoxy) is 1. The summed E-state index contributed by atoms with van der Waals surface area (Å²) in [5.41, 5.74) is 3.73. The van der Waals surface area contributed by atoms with E-state index in [-0.39, 0.29) is 18.1 Å². The topological polar surface area (TPSA) is 50.4 Å². The monoisotopic (exact) mass is 274 g/mol. The highest BCUT2D eigenvalue weighted by molar-refractivity contribution is 5.81. The lowest BCUT2D eigenvalue weighted by atomic mass is 9.99. The summed E-state index contributed by atoms with van der Waals surface area (Å²) in [5.74, 6) is 0.0164. The first kappa shape index (κ1) is 13.4. The molecule has 1 fully saturated rings. The number of benzene rings is 1. The molecule has 3 rings (SSSR count). The number of carbonyl (C=O) groups is 1. The molecule has 1 amide bonds. The Kier molecular flexibility index (Phi) is 3.92. The SMILES string of the molecule is CC1CCC(C(=O)NCc2cccc3c2NCCC3)O1. The fourth-order valence-corrected chi connectivity index (χ4v) is 3.02. The Hall–Kier alpha value is -1.55. The van der Waals surface area contributed by atoms with E-state index in [1.165, 1.54) is 23.2 Å². The summed E-state index contributed by atoms with van der Waals surface area (Å²) < 4.78 is 5.60. The Morgan fingerprint density at radius 1 is 1.45 bits per heavy atom. The summed E-state index contributed by atoms with van der Waals surface area (Å²) in [7, 11) is 0. The second-order valence-corrected chi connectivity index (χ2v) is 5.71. The molecule has 2 unspecified atom stereocenters. The van der Waals surface area contributed by atoms with Crippen molar-refractivity contribution < 1.29 is 9.53 Å². The molecule has 4 heteroatoms. The van der Waals surface area contributed by atoms with Crippen molar-refractivity contribution in [2.45, 2.75) is 51.4 Å². The van der Waals surface area contributed by atoms with E-state index < -0.39 is 0 Å². The second-order valence-electron chi connectivity index (χ2n) is 5.71. The number of hydrogen-bond donors (Lipinski definition) is 2. The Bertz CT molecular complexity index is 501. The van der Waals surface area contributed by atoms with Crippen molar-refractivity contribution in [2.75, 3.05) is 11.9 Å². The highest BCUT2D eigenvalue weighted by Gasteiger charge is 2.28. The molecule has 20 heavy (non-hydrogen) atoms. The van der Waals surface area contributed by atoms with E-state index in [1.54, 1.807) is 0 Å². The maximum Gasteiger partial charge on any atom is 0.249 e. The van der Waals surface area contributed by atoms with Crippen LogP contribution in [0.25, 0.3) is 0 Å². The van der Waals surface area contributed by atoms with Gasteiger partial charge in [0, 0.05) is 18.8 Å². The lowest BCUT2D eigenvalue weighted by Crippen LogP contribution is -2.34. The molecular weight excluding hydrogens is 252 g/mol. The molecule has 0 bridgehead atoms. The number of hydrogen-bond acceptors (Lipinski definition) is 3. The summed E-state index contributed by atoms with van der Waals surface area (Å²) in [5, 5.41) is 6.46. The predicted octanol–water partition coefficient (Wildman–Crippen LogP) is 2.23. The van der Waals surface area contributed by atoms with Gasteiger partial charge in [-0.25, -0.2) is 0 Å². The third-order valence-corrected chi connectivity index (χ3v) is 4.14. The number of para-hydroxylation sites is 1. The van der Waals surface area contributed by atoms with Crippen molar-refractivity contribution in [1.29, 1.82) is 0 Å². The van der Waals surface area contributed by atoms with Crippen LogP contribution in [0.3, 0.4) is 0 Å². The molecule has 2 N–H and O–H groups in total. The molecule has 1 saturated heterocycles. The maximum atomic E-state index is 12.1. The van der Waals surface area contributed by atoms with Gasteiger partial charge in [-0.1, -0.05) is 18.2 Å². The Balaban J connectivity index is 1.62. The van der Waals surface area contributed by atoms with E-state index in [0.29, 0.717) is 6.54 Å². The van der Waals surface area contributed by atoms with E-state index in [2.05, 4.69) is 28.8 Å². The van der Waals surface area contributed by atoms with Crippen molar-refractivity contribution in [3.8, 4) is 0 Å². The lowest BCUT2D eigenvalue weighted by Gasteiger charge is -2.21. The largest absolute Gasteiger partial charge is 0.385 e. The van der Waals surface area contributed by atoms with Crippen LogP contribution in [0.1, 0.15) is 37.3 Å². The molecule has 0 saturated carbocycles. The minimum Gasteiger partial charge on any atom is -0.385 e. The van der Waals surface area contributed by atoms with Gasteiger partial charge in [-0.2, -0.15) is 0 Å². The van der Waals surface area contributed by atoms with Crippen LogP contribution in [0.15, 0.2) is 18.2 Å². The van der Waals surface area contributed by atoms with Gasteiger partial charge in [0.2, 0.25) is 5.91 Å². The van der Waals surface area contributed by atoms with Crippen LogP contribution < -0.4 is 10.6 Å². The molecule has 0 aliphatic carbocycles. The molecular formula is C16H22N2O2. The molecule has 2 atom stereocenters. The molecule has 2 aliphatic heterocycles. The zero-order valence-corrected chi connectivity index (χ0v) is 11.9. The molecule has 108 valence electrons. The van der Waals surface area contributed by atoms with Gasteiger partial charge in [0.05, 0.1) is 6.10 Å². The molecule has 1 aromatic carbocycles. The van der Waals surface area contributed by atoms with Gasteiger partial charge >= 0.3 is 0 Å². The van der Waals surface area contributed by atoms with Gasteiger partial charge in [-0.15, -0.1) is 0 Å². The standard InChI is InChI=1S/C16H22N2O2/c1-11-7-8-14(20-11)16(19)18-10-13-5-2-4-12-6-3-9-17-15(12)13/h2,4-5,11,14,17H,3,6-10H2,1H3,(H,18,19). The third kappa shape index (κ3) is 2.80. The summed E-state index contributed by atoms with van der Waals surface area (Å²) >= 11 is 0. The molecule has 2 heterocycles. The smallest absolute Gasteiger partial charge is 0.249 e. The van der Waals surface area contributed by atoms with Crippen LogP contribution in [0.5, 0.6) is 0 Å². The summed E-state index contributed by atoms with van der Waals surface area (Å²) in [6, 6.07) is 6.31. The Morgan fingerprint density at radius 2 is 2.35 bits per heavy atom. The van der Waals surface area contributed by atoms with Crippen molar-refractivity contribution in [2.24, 2.45) is 0 Å². The average molecular weight is 274 g/mol. The predicted molar refractivity (Wildman–Crippen MR) is 78.7 cm³/mol. The van der Waals surface area contributed by atoms with Crippen LogP contribution in [0, 0.1) is 0 Å². The Morgan fingerprint density at radius 3 is 3.15 bits per heavy atom. The minimum atomic E-state index is -0.266. The number of rotatable bonds is 3. The normalized spacial score (nSPS) is 24.9. The van der Waals surface area contributed by atoms with E-state index in [1.807, 2.05) is 6.92 Å². The molecule has 2 aliphatic rings. The molecule has 0 aromatic heterocycles. The number of nitrogens with one attached hydrogen (secondary N) is 2. The van der Waals surface area contributed by atoms with E-state index in [4.69, 9.17) is 4.74 Å². The number of anilines is 1. The van der Waals surface area contributed by atoms with Crippen LogP contribution in [-0.2, 0) is 22.5 Å². The maximum absolute atomic E-state index is 12.1. The van der Waals surface area contributed by atoms with Gasteiger partial charge in [-0.3, -0.25) is 4.79 Å². The molecule has 0 radical (unpaired) electrons. The molecule has 0 spiro atoms. The van der Waals surface area contributed by atoms with Crippen LogP contribution in [-0.4, -0.2) is 24.7 Å². The van der Waals surface area contributed by atoms with Crippen LogP contribution >= 0.6 is 0 Å². The average Bonchev–Trinajstić information content (AvgIpc) is 2.91. The first-order chi connectivity index (χ1) is 9.74. The summed E-state index contributed by atoms with van der Waals surface area (Å²) in [6.07, 6.45) is 4.04. The van der Waals surface area contributed by atoms with Crippen LogP contribution in [0.2, 0.25) is 0 Å². The zero-order chi connectivity index (χ0) is 13.9. The second kappa shape index (κ2) is 5.83. The minimum absolute atomic E-state index is 0.0164. The fraction of sp³-hybridized carbons (Fsp3) is 0.562. The van der Waals surface area contributed by atoms with E-state index in [9.17, 15) is 4.79 Å². The lowest BCUT2D eigenvalue weighted by molar-refractivity contribution is -0.131. The van der Waals surface area contributed by atoms with Gasteiger partial charge in [0.15, 0.2) is 0 Å². The van der Waals surface area contributed by atoms with Crippen molar-refractivity contribution in [3.05, 3.63) is 29.3 Å². The number of aryl methyl sites for hydroxylation is 1. The fourth-order valence-electron chi connectivity index (χ4n) is 3.02. The number of amides is 1. The van der Waals surface area contributed by atoms with Crippen LogP contribution in [0.4, 0.5) is 5.69 Å². The first-order valence-corrected chi connectivity index (χ1v) is 7.52.